The predicted molar refractivity (Wildman–Crippen MR) is 101 cm³/mol. The summed E-state index contributed by atoms with van der Waals surface area (Å²) in [6, 6.07) is 17.7. The number of carbonyl (C=O) groups is 1. The molecule has 0 aromatic heterocycles. The van der Waals surface area contributed by atoms with E-state index in [4.69, 9.17) is 11.6 Å². The molecule has 0 bridgehead atoms. The van der Waals surface area contributed by atoms with Gasteiger partial charge in [0.15, 0.2) is 0 Å². The molecule has 0 radical (unpaired) electrons. The molecule has 6 heteroatoms. The molecule has 1 amide bonds. The Balaban J connectivity index is 1.65. The molecule has 0 saturated carbocycles. The van der Waals surface area contributed by atoms with Crippen molar-refractivity contribution in [1.29, 1.82) is 0 Å². The number of hydrogen-bond acceptors (Lipinski definition) is 3. The summed E-state index contributed by atoms with van der Waals surface area (Å²) in [5.41, 5.74) is 5.22. The van der Waals surface area contributed by atoms with Crippen LogP contribution >= 0.6 is 11.6 Å². The normalized spacial score (nSPS) is 11.6. The van der Waals surface area contributed by atoms with Gasteiger partial charge in [-0.05, 0) is 46.9 Å². The maximum atomic E-state index is 12.5. The van der Waals surface area contributed by atoms with Gasteiger partial charge in [0, 0.05) is 17.8 Å². The zero-order chi connectivity index (χ0) is 18.3. The van der Waals surface area contributed by atoms with Crippen LogP contribution in [0.2, 0.25) is 5.02 Å². The van der Waals surface area contributed by atoms with E-state index in [-0.39, 0.29) is 16.3 Å². The van der Waals surface area contributed by atoms with Crippen molar-refractivity contribution < 1.29 is 9.72 Å². The van der Waals surface area contributed by atoms with E-state index in [1.165, 1.54) is 29.3 Å². The summed E-state index contributed by atoms with van der Waals surface area (Å²) in [6.07, 6.45) is 0.871. The minimum absolute atomic E-state index is 0.0711. The van der Waals surface area contributed by atoms with Crippen LogP contribution in [0.3, 0.4) is 0 Å². The third-order valence-corrected chi connectivity index (χ3v) is 4.79. The van der Waals surface area contributed by atoms with Gasteiger partial charge in [0.2, 0.25) is 0 Å². The average molecular weight is 365 g/mol. The fourth-order valence-electron chi connectivity index (χ4n) is 3.20. The van der Waals surface area contributed by atoms with E-state index in [9.17, 15) is 14.9 Å². The molecule has 128 valence electrons. The smallest absolute Gasteiger partial charge is 0.270 e. The molecule has 0 atom stereocenters. The maximum Gasteiger partial charge on any atom is 0.270 e. The van der Waals surface area contributed by atoms with Crippen LogP contribution in [0.5, 0.6) is 0 Å². The number of halogens is 1. The molecule has 0 fully saturated rings. The van der Waals surface area contributed by atoms with Crippen molar-refractivity contribution in [1.82, 2.24) is 0 Å². The van der Waals surface area contributed by atoms with Crippen molar-refractivity contribution >= 4 is 28.9 Å². The van der Waals surface area contributed by atoms with Crippen LogP contribution in [-0.2, 0) is 6.42 Å². The Kier molecular flexibility index (Phi) is 3.93. The first-order chi connectivity index (χ1) is 12.5. The Morgan fingerprint density at radius 3 is 2.58 bits per heavy atom. The number of anilines is 1. The lowest BCUT2D eigenvalue weighted by Gasteiger charge is -2.09. The van der Waals surface area contributed by atoms with E-state index >= 15 is 0 Å². The Morgan fingerprint density at radius 1 is 1.00 bits per heavy atom. The number of nitrogens with zero attached hydrogens (tertiary/aromatic N) is 1. The summed E-state index contributed by atoms with van der Waals surface area (Å²) in [5.74, 6) is -0.482. The standard InChI is InChI=1S/C20H13ClN2O3/c21-19-8-7-15(23(25)26)11-18(19)20(24)22-14-6-5-13-9-12-3-1-2-4-16(12)17(13)10-14/h1-8,10-11H,9H2,(H,22,24). The van der Waals surface area contributed by atoms with E-state index in [2.05, 4.69) is 17.4 Å². The molecule has 0 heterocycles. The first kappa shape index (κ1) is 16.3. The number of nitro benzene ring substituents is 1. The molecule has 5 nitrogen and oxygen atoms in total. The molecule has 0 saturated heterocycles. The van der Waals surface area contributed by atoms with Crippen molar-refractivity contribution in [2.24, 2.45) is 0 Å². The summed E-state index contributed by atoms with van der Waals surface area (Å²) in [6.45, 7) is 0. The minimum atomic E-state index is -0.556. The van der Waals surface area contributed by atoms with E-state index < -0.39 is 10.8 Å². The Bertz CT molecular complexity index is 1060. The summed E-state index contributed by atoms with van der Waals surface area (Å²) in [5, 5.41) is 13.9. The zero-order valence-electron chi connectivity index (χ0n) is 13.5. The van der Waals surface area contributed by atoms with Crippen LogP contribution in [-0.4, -0.2) is 10.8 Å². The molecule has 1 aliphatic carbocycles. The number of hydrogen-bond donors (Lipinski definition) is 1. The number of non-ortho nitro benzene ring substituents is 1. The van der Waals surface area contributed by atoms with Crippen molar-refractivity contribution in [3.63, 3.8) is 0 Å². The average Bonchev–Trinajstić information content (AvgIpc) is 3.00. The summed E-state index contributed by atoms with van der Waals surface area (Å²) in [4.78, 5) is 22.9. The molecule has 26 heavy (non-hydrogen) atoms. The molecule has 4 rings (SSSR count). The third kappa shape index (κ3) is 2.82. The van der Waals surface area contributed by atoms with Crippen molar-refractivity contribution in [2.75, 3.05) is 5.32 Å². The zero-order valence-corrected chi connectivity index (χ0v) is 14.3. The fraction of sp³-hybridized carbons (Fsp3) is 0.0500. The summed E-state index contributed by atoms with van der Waals surface area (Å²) in [7, 11) is 0. The Hall–Kier alpha value is -3.18. The molecular weight excluding hydrogens is 352 g/mol. The quantitative estimate of drug-likeness (QED) is 0.407. The Morgan fingerprint density at radius 2 is 1.77 bits per heavy atom. The van der Waals surface area contributed by atoms with Crippen molar-refractivity contribution in [3.8, 4) is 11.1 Å². The van der Waals surface area contributed by atoms with Crippen LogP contribution in [0, 0.1) is 10.1 Å². The van der Waals surface area contributed by atoms with Crippen LogP contribution < -0.4 is 5.32 Å². The van der Waals surface area contributed by atoms with Gasteiger partial charge in [-0.15, -0.1) is 0 Å². The van der Waals surface area contributed by atoms with Gasteiger partial charge < -0.3 is 5.32 Å². The molecule has 0 unspecified atom stereocenters. The number of rotatable bonds is 3. The molecule has 3 aromatic carbocycles. The first-order valence-corrected chi connectivity index (χ1v) is 8.37. The van der Waals surface area contributed by atoms with Crippen LogP contribution in [0.1, 0.15) is 21.5 Å². The van der Waals surface area contributed by atoms with Crippen LogP contribution in [0.15, 0.2) is 60.7 Å². The lowest BCUT2D eigenvalue weighted by atomic mass is 10.1. The van der Waals surface area contributed by atoms with Gasteiger partial charge >= 0.3 is 0 Å². The second-order valence-electron chi connectivity index (χ2n) is 6.08. The van der Waals surface area contributed by atoms with Gasteiger partial charge in [0.25, 0.3) is 11.6 Å². The molecular formula is C20H13ClN2O3. The van der Waals surface area contributed by atoms with E-state index in [0.29, 0.717) is 5.69 Å². The van der Waals surface area contributed by atoms with Gasteiger partial charge in [0.05, 0.1) is 15.5 Å². The van der Waals surface area contributed by atoms with Crippen LogP contribution in [0.4, 0.5) is 11.4 Å². The highest BCUT2D eigenvalue weighted by Crippen LogP contribution is 2.38. The maximum absolute atomic E-state index is 12.5. The van der Waals surface area contributed by atoms with Gasteiger partial charge in [0.1, 0.15) is 0 Å². The van der Waals surface area contributed by atoms with E-state index in [1.807, 2.05) is 30.3 Å². The first-order valence-electron chi connectivity index (χ1n) is 7.99. The van der Waals surface area contributed by atoms with Crippen LogP contribution in [0.25, 0.3) is 11.1 Å². The van der Waals surface area contributed by atoms with Gasteiger partial charge in [-0.1, -0.05) is 41.9 Å². The monoisotopic (exact) mass is 364 g/mol. The second kappa shape index (κ2) is 6.28. The second-order valence-corrected chi connectivity index (χ2v) is 6.49. The van der Waals surface area contributed by atoms with Gasteiger partial charge in [-0.2, -0.15) is 0 Å². The minimum Gasteiger partial charge on any atom is -0.322 e. The number of carbonyl (C=O) groups excluding carboxylic acids is 1. The Labute approximate surface area is 154 Å². The number of fused-ring (bicyclic) bond motifs is 3. The van der Waals surface area contributed by atoms with Gasteiger partial charge in [-0.25, -0.2) is 0 Å². The van der Waals surface area contributed by atoms with E-state index in [1.54, 1.807) is 0 Å². The molecule has 0 spiro atoms. The topological polar surface area (TPSA) is 72.2 Å². The largest absolute Gasteiger partial charge is 0.322 e. The molecule has 1 N–H and O–H groups in total. The SMILES string of the molecule is O=C(Nc1ccc2c(c1)-c1ccccc1C2)c1cc([N+](=O)[O-])ccc1Cl. The lowest BCUT2D eigenvalue weighted by Crippen LogP contribution is -2.13. The number of amides is 1. The third-order valence-electron chi connectivity index (χ3n) is 4.46. The summed E-state index contributed by atoms with van der Waals surface area (Å²) < 4.78 is 0. The predicted octanol–water partition coefficient (Wildman–Crippen LogP) is 5.07. The fourth-order valence-corrected chi connectivity index (χ4v) is 3.40. The summed E-state index contributed by atoms with van der Waals surface area (Å²) >= 11 is 6.04. The number of nitro groups is 1. The molecule has 3 aromatic rings. The number of benzene rings is 3. The lowest BCUT2D eigenvalue weighted by molar-refractivity contribution is -0.384. The number of nitrogens with one attached hydrogen (secondary N) is 1. The highest BCUT2D eigenvalue weighted by molar-refractivity contribution is 6.34. The van der Waals surface area contributed by atoms with Crippen molar-refractivity contribution in [2.45, 2.75) is 6.42 Å². The molecule has 1 aliphatic rings. The van der Waals surface area contributed by atoms with Crippen molar-refractivity contribution in [3.05, 3.63) is 92.5 Å². The molecule has 0 aliphatic heterocycles. The van der Waals surface area contributed by atoms with E-state index in [0.717, 1.165) is 17.5 Å². The highest BCUT2D eigenvalue weighted by Gasteiger charge is 2.20. The highest BCUT2D eigenvalue weighted by atomic mass is 35.5. The van der Waals surface area contributed by atoms with Gasteiger partial charge in [-0.3, -0.25) is 14.9 Å².